The normalized spacial score (nSPS) is 24.0. The van der Waals surface area contributed by atoms with E-state index in [0.717, 1.165) is 5.57 Å². The number of sulfone groups is 1. The number of rotatable bonds is 2. The number of esters is 1. The van der Waals surface area contributed by atoms with Crippen molar-refractivity contribution in [2.75, 3.05) is 18.6 Å². The Morgan fingerprint density at radius 1 is 1.21 bits per heavy atom. The first-order valence-electron chi connectivity index (χ1n) is 9.32. The van der Waals surface area contributed by atoms with Gasteiger partial charge in [-0.05, 0) is 51.7 Å². The summed E-state index contributed by atoms with van der Waals surface area (Å²) in [6, 6.07) is 3.39. The van der Waals surface area contributed by atoms with Crippen molar-refractivity contribution in [2.45, 2.75) is 39.2 Å². The largest absolute Gasteiger partial charge is 0.524 e. The van der Waals surface area contributed by atoms with Gasteiger partial charge in [0.05, 0.1) is 18.6 Å². The number of fused-ring (bicyclic) bond motifs is 1. The van der Waals surface area contributed by atoms with Crippen LogP contribution in [0.4, 0.5) is 10.5 Å². The zero-order valence-electron chi connectivity index (χ0n) is 16.9. The van der Waals surface area contributed by atoms with Crippen LogP contribution in [0.5, 0.6) is 0 Å². The molecule has 1 aromatic rings. The third-order valence-electron chi connectivity index (χ3n) is 5.83. The summed E-state index contributed by atoms with van der Waals surface area (Å²) in [5.74, 6) is -0.564. The summed E-state index contributed by atoms with van der Waals surface area (Å²) >= 11 is 3.42. The molecule has 3 rings (SSSR count). The molecule has 0 spiro atoms. The first kappa shape index (κ1) is 22.0. The molecule has 0 bridgehead atoms. The van der Waals surface area contributed by atoms with E-state index in [0.29, 0.717) is 28.6 Å². The molecule has 0 aromatic heterocycles. The van der Waals surface area contributed by atoms with Crippen LogP contribution in [0.25, 0.3) is 5.57 Å². The van der Waals surface area contributed by atoms with Crippen molar-refractivity contribution in [1.82, 2.24) is 4.48 Å². The lowest BCUT2D eigenvalue weighted by atomic mass is 9.88. The molecule has 1 unspecified atom stereocenters. The molecule has 158 valence electrons. The molecule has 9 heteroatoms. The topological polar surface area (TPSA) is 97.7 Å². The number of methoxy groups -OCH3 is 1. The minimum absolute atomic E-state index is 0.0742. The lowest BCUT2D eigenvalue weighted by Gasteiger charge is -2.38. The fourth-order valence-electron chi connectivity index (χ4n) is 4.30. The van der Waals surface area contributed by atoms with Gasteiger partial charge in [0.25, 0.3) is 0 Å². The van der Waals surface area contributed by atoms with Gasteiger partial charge in [0.15, 0.2) is 5.69 Å². The molecule has 2 heterocycles. The van der Waals surface area contributed by atoms with Gasteiger partial charge in [-0.15, -0.1) is 0 Å². The van der Waals surface area contributed by atoms with Crippen molar-refractivity contribution in [2.24, 2.45) is 5.92 Å². The van der Waals surface area contributed by atoms with Gasteiger partial charge in [-0.2, -0.15) is 9.28 Å². The van der Waals surface area contributed by atoms with Gasteiger partial charge < -0.3 is 9.84 Å². The van der Waals surface area contributed by atoms with E-state index in [1.165, 1.54) is 7.11 Å². The highest BCUT2D eigenvalue weighted by atomic mass is 79.9. The Kier molecular flexibility index (Phi) is 5.47. The molecule has 1 amide bonds. The van der Waals surface area contributed by atoms with E-state index in [-0.39, 0.29) is 23.0 Å². The van der Waals surface area contributed by atoms with E-state index >= 15 is 0 Å². The molecule has 1 saturated heterocycles. The number of halogens is 1. The van der Waals surface area contributed by atoms with Crippen molar-refractivity contribution in [1.29, 1.82) is 0 Å². The molecule has 0 saturated carbocycles. The van der Waals surface area contributed by atoms with Gasteiger partial charge in [0.1, 0.15) is 27.1 Å². The zero-order chi connectivity index (χ0) is 21.8. The van der Waals surface area contributed by atoms with E-state index in [1.54, 1.807) is 33.0 Å². The average Bonchev–Trinajstić information content (AvgIpc) is 2.96. The zero-order valence-corrected chi connectivity index (χ0v) is 19.3. The Morgan fingerprint density at radius 2 is 1.79 bits per heavy atom. The van der Waals surface area contributed by atoms with Crippen molar-refractivity contribution in [3.8, 4) is 0 Å². The Morgan fingerprint density at radius 3 is 2.28 bits per heavy atom. The van der Waals surface area contributed by atoms with E-state index in [4.69, 9.17) is 4.74 Å². The van der Waals surface area contributed by atoms with Crippen LogP contribution in [0.15, 0.2) is 22.8 Å². The molecule has 1 atom stereocenters. The van der Waals surface area contributed by atoms with Crippen molar-refractivity contribution in [3.63, 3.8) is 0 Å². The summed E-state index contributed by atoms with van der Waals surface area (Å²) in [4.78, 5) is 25.3. The molecule has 0 aliphatic carbocycles. The third kappa shape index (κ3) is 3.53. The standard InChI is InChI=1S/C20H24BrNO6S/c1-20(2,3)22(19(24)25)11-16(12-5-7-29(26,27)8-6-12)14-9-13(21)10-15(17(14)22)18(23)28-4/h9-12H,5-8H2,1-4H3/p+1. The highest BCUT2D eigenvalue weighted by Gasteiger charge is 2.57. The number of hydrogen-bond donors (Lipinski definition) is 1. The van der Waals surface area contributed by atoms with Gasteiger partial charge in [-0.25, -0.2) is 13.2 Å². The molecule has 7 nitrogen and oxygen atoms in total. The second kappa shape index (κ2) is 7.21. The number of amides is 1. The van der Waals surface area contributed by atoms with Crippen LogP contribution in [0.2, 0.25) is 0 Å². The smallest absolute Gasteiger partial charge is 0.465 e. The quantitative estimate of drug-likeness (QED) is 0.496. The van der Waals surface area contributed by atoms with Crippen LogP contribution in [-0.4, -0.2) is 49.7 Å². The minimum atomic E-state index is -3.06. The number of carbonyl (C=O) groups is 2. The average molecular weight is 487 g/mol. The molecular weight excluding hydrogens is 462 g/mol. The summed E-state index contributed by atoms with van der Waals surface area (Å²) < 4.78 is 28.8. The van der Waals surface area contributed by atoms with Crippen LogP contribution >= 0.6 is 15.9 Å². The van der Waals surface area contributed by atoms with Gasteiger partial charge in [0, 0.05) is 15.6 Å². The second-order valence-corrected chi connectivity index (χ2v) is 11.7. The van der Waals surface area contributed by atoms with Crippen LogP contribution < -0.4 is 4.48 Å². The predicted molar refractivity (Wildman–Crippen MR) is 114 cm³/mol. The molecule has 2 aliphatic rings. The van der Waals surface area contributed by atoms with E-state index in [2.05, 4.69) is 15.9 Å². The highest BCUT2D eigenvalue weighted by molar-refractivity contribution is 9.10. The maximum Gasteiger partial charge on any atom is 0.524 e. The lowest BCUT2D eigenvalue weighted by molar-refractivity contribution is 0.0597. The van der Waals surface area contributed by atoms with Gasteiger partial charge in [-0.3, -0.25) is 0 Å². The second-order valence-electron chi connectivity index (χ2n) is 8.53. The van der Waals surface area contributed by atoms with Crippen LogP contribution in [0.3, 0.4) is 0 Å². The van der Waals surface area contributed by atoms with Gasteiger partial charge >= 0.3 is 12.1 Å². The number of ether oxygens (including phenoxy) is 1. The number of hydrogen-bond acceptors (Lipinski definition) is 5. The van der Waals surface area contributed by atoms with Crippen molar-refractivity contribution >= 4 is 49.1 Å². The number of carboxylic acid groups (broad SMARTS) is 1. The molecule has 2 aliphatic heterocycles. The molecule has 1 N–H and O–H groups in total. The first-order valence-corrected chi connectivity index (χ1v) is 11.9. The van der Waals surface area contributed by atoms with Gasteiger partial charge in [0.2, 0.25) is 0 Å². The fraction of sp³-hybridized carbons (Fsp3) is 0.500. The van der Waals surface area contributed by atoms with Gasteiger partial charge in [-0.1, -0.05) is 15.9 Å². The Bertz CT molecular complexity index is 1010. The maximum absolute atomic E-state index is 12.7. The number of quaternary nitrogens is 1. The molecular formula is C20H25BrNO6S+. The summed E-state index contributed by atoms with van der Waals surface area (Å²) in [6.45, 7) is 5.41. The Balaban J connectivity index is 2.32. The van der Waals surface area contributed by atoms with E-state index in [9.17, 15) is 23.1 Å². The monoisotopic (exact) mass is 486 g/mol. The molecule has 1 fully saturated rings. The first-order chi connectivity index (χ1) is 13.3. The van der Waals surface area contributed by atoms with Crippen molar-refractivity contribution in [3.05, 3.63) is 33.9 Å². The predicted octanol–water partition coefficient (Wildman–Crippen LogP) is 4.20. The fourth-order valence-corrected chi connectivity index (χ4v) is 6.25. The Hall–Kier alpha value is -1.71. The van der Waals surface area contributed by atoms with E-state index < -0.39 is 31.9 Å². The van der Waals surface area contributed by atoms with Crippen LogP contribution in [0.1, 0.15) is 49.5 Å². The maximum atomic E-state index is 12.7. The van der Waals surface area contributed by atoms with Crippen LogP contribution in [-0.2, 0) is 14.6 Å². The summed E-state index contributed by atoms with van der Waals surface area (Å²) in [6.07, 6.45) is 1.44. The molecule has 29 heavy (non-hydrogen) atoms. The highest BCUT2D eigenvalue weighted by Crippen LogP contribution is 2.52. The van der Waals surface area contributed by atoms with E-state index in [1.807, 2.05) is 6.07 Å². The minimum Gasteiger partial charge on any atom is -0.465 e. The van der Waals surface area contributed by atoms with Crippen LogP contribution in [0, 0.1) is 5.92 Å². The number of benzene rings is 1. The van der Waals surface area contributed by atoms with Crippen molar-refractivity contribution < 1.29 is 27.9 Å². The molecule has 1 aromatic carbocycles. The summed E-state index contributed by atoms with van der Waals surface area (Å²) in [5.41, 5.74) is 1.17. The lowest BCUT2D eigenvalue weighted by Crippen LogP contribution is -2.60. The summed E-state index contributed by atoms with van der Waals surface area (Å²) in [7, 11) is -1.80. The third-order valence-corrected chi connectivity index (χ3v) is 8.00. The molecule has 0 radical (unpaired) electrons. The summed E-state index contributed by atoms with van der Waals surface area (Å²) in [5, 5.41) is 10.4. The number of carbonyl (C=O) groups excluding carboxylic acids is 1. The number of allylic oxidation sites excluding steroid dienone is 1. The number of nitrogens with zero attached hydrogens (tertiary/aromatic N) is 1. The SMILES string of the molecule is COC(=O)c1cc(Br)cc2c1[N+](C(=O)O)(C(C)(C)C)C=C2C1CCS(=O)(=O)CC1. The Labute approximate surface area is 179 Å².